The third-order valence-corrected chi connectivity index (χ3v) is 3.65. The van der Waals surface area contributed by atoms with Crippen LogP contribution in [0.4, 0.5) is 19.0 Å². The minimum atomic E-state index is -4.32. The Morgan fingerprint density at radius 3 is 2.58 bits per heavy atom. The van der Waals surface area contributed by atoms with Crippen LogP contribution in [0, 0.1) is 5.41 Å². The van der Waals surface area contributed by atoms with Crippen molar-refractivity contribution in [1.82, 2.24) is 4.98 Å². The summed E-state index contributed by atoms with van der Waals surface area (Å²) in [6, 6.07) is 2.78. The van der Waals surface area contributed by atoms with Crippen LogP contribution in [0.5, 0.6) is 0 Å². The van der Waals surface area contributed by atoms with Crippen LogP contribution in [-0.4, -0.2) is 11.0 Å². The van der Waals surface area contributed by atoms with Gasteiger partial charge in [0, 0.05) is 12.2 Å². The average Bonchev–Trinajstić information content (AvgIpc) is 2.27. The van der Waals surface area contributed by atoms with Crippen LogP contribution in [0.15, 0.2) is 18.3 Å². The van der Waals surface area contributed by atoms with Crippen molar-refractivity contribution in [3.63, 3.8) is 0 Å². The molecule has 1 aliphatic carbocycles. The molecule has 1 N–H and O–H groups in total. The summed E-state index contributed by atoms with van der Waals surface area (Å²) in [6.45, 7) is 4.45. The van der Waals surface area contributed by atoms with Crippen molar-refractivity contribution >= 4 is 5.82 Å². The van der Waals surface area contributed by atoms with E-state index >= 15 is 0 Å². The van der Waals surface area contributed by atoms with Gasteiger partial charge in [0.05, 0.1) is 5.56 Å². The summed E-state index contributed by atoms with van der Waals surface area (Å²) >= 11 is 0. The standard InChI is InChI=1S/C14H19F3N2/c1-13(2)7-3-4-11(8-13)19-12-6-5-10(9-18-12)14(15,16)17/h5-6,9,11H,3-4,7-8H2,1-2H3,(H,18,19). The van der Waals surface area contributed by atoms with Gasteiger partial charge in [-0.25, -0.2) is 4.98 Å². The molecule has 0 bridgehead atoms. The molecule has 0 saturated heterocycles. The number of alkyl halides is 3. The maximum Gasteiger partial charge on any atom is 0.417 e. The molecule has 1 fully saturated rings. The summed E-state index contributed by atoms with van der Waals surface area (Å²) < 4.78 is 37.3. The monoisotopic (exact) mass is 272 g/mol. The number of pyridine rings is 1. The summed E-state index contributed by atoms with van der Waals surface area (Å²) in [6.07, 6.45) is 0.980. The van der Waals surface area contributed by atoms with Gasteiger partial charge in [0.15, 0.2) is 0 Å². The van der Waals surface area contributed by atoms with E-state index in [1.807, 2.05) is 0 Å². The van der Waals surface area contributed by atoms with Crippen LogP contribution in [0.2, 0.25) is 0 Å². The molecule has 106 valence electrons. The molecular weight excluding hydrogens is 253 g/mol. The highest BCUT2D eigenvalue weighted by Gasteiger charge is 2.31. The molecule has 0 aliphatic heterocycles. The number of nitrogens with zero attached hydrogens (tertiary/aromatic N) is 1. The normalized spacial score (nSPS) is 23.1. The van der Waals surface area contributed by atoms with Crippen molar-refractivity contribution in [2.75, 3.05) is 5.32 Å². The second-order valence-electron chi connectivity index (χ2n) is 6.03. The Morgan fingerprint density at radius 2 is 2.05 bits per heavy atom. The fraction of sp³-hybridized carbons (Fsp3) is 0.643. The summed E-state index contributed by atoms with van der Waals surface area (Å²) in [5, 5.41) is 3.24. The Kier molecular flexibility index (Phi) is 3.74. The molecular formula is C14H19F3N2. The number of anilines is 1. The SMILES string of the molecule is CC1(C)CCCC(Nc2ccc(C(F)(F)F)cn2)C1. The molecule has 1 aromatic rings. The van der Waals surface area contributed by atoms with Crippen LogP contribution in [0.1, 0.15) is 45.1 Å². The Hall–Kier alpha value is -1.26. The molecule has 1 unspecified atom stereocenters. The highest BCUT2D eigenvalue weighted by Crippen LogP contribution is 2.36. The lowest BCUT2D eigenvalue weighted by molar-refractivity contribution is -0.137. The van der Waals surface area contributed by atoms with E-state index < -0.39 is 11.7 Å². The van der Waals surface area contributed by atoms with Gasteiger partial charge in [0.2, 0.25) is 0 Å². The quantitative estimate of drug-likeness (QED) is 0.858. The topological polar surface area (TPSA) is 24.9 Å². The second kappa shape index (κ2) is 5.02. The summed E-state index contributed by atoms with van der Waals surface area (Å²) in [5.41, 5.74) is -0.413. The molecule has 1 aliphatic rings. The number of rotatable bonds is 2. The molecule has 0 aromatic carbocycles. The van der Waals surface area contributed by atoms with Gasteiger partial charge in [-0.2, -0.15) is 13.2 Å². The van der Waals surface area contributed by atoms with Gasteiger partial charge in [-0.15, -0.1) is 0 Å². The van der Waals surface area contributed by atoms with Crippen LogP contribution in [-0.2, 0) is 6.18 Å². The molecule has 2 nitrogen and oxygen atoms in total. The first-order chi connectivity index (χ1) is 8.76. The zero-order valence-electron chi connectivity index (χ0n) is 11.2. The molecule has 0 spiro atoms. The summed E-state index contributed by atoms with van der Waals surface area (Å²) in [4.78, 5) is 3.86. The van der Waals surface area contributed by atoms with E-state index in [1.165, 1.54) is 12.5 Å². The molecule has 0 radical (unpaired) electrons. The Bertz CT molecular complexity index is 423. The summed E-state index contributed by atoms with van der Waals surface area (Å²) in [5.74, 6) is 0.524. The highest BCUT2D eigenvalue weighted by atomic mass is 19.4. The first-order valence-electron chi connectivity index (χ1n) is 6.56. The number of hydrogen-bond acceptors (Lipinski definition) is 2. The fourth-order valence-electron chi connectivity index (χ4n) is 2.68. The van der Waals surface area contributed by atoms with E-state index in [9.17, 15) is 13.2 Å². The maximum absolute atomic E-state index is 12.4. The molecule has 1 aromatic heterocycles. The van der Waals surface area contributed by atoms with Crippen LogP contribution in [0.25, 0.3) is 0 Å². The van der Waals surface area contributed by atoms with Crippen LogP contribution < -0.4 is 5.32 Å². The van der Waals surface area contributed by atoms with Crippen molar-refractivity contribution in [3.05, 3.63) is 23.9 Å². The van der Waals surface area contributed by atoms with Crippen LogP contribution >= 0.6 is 0 Å². The predicted octanol–water partition coefficient (Wildman–Crippen LogP) is 4.48. The minimum absolute atomic E-state index is 0.293. The first-order valence-corrected chi connectivity index (χ1v) is 6.56. The van der Waals surface area contributed by atoms with Crippen molar-refractivity contribution in [2.24, 2.45) is 5.41 Å². The number of hydrogen-bond donors (Lipinski definition) is 1. The molecule has 1 heterocycles. The van der Waals surface area contributed by atoms with Crippen LogP contribution in [0.3, 0.4) is 0 Å². The van der Waals surface area contributed by atoms with E-state index in [0.29, 0.717) is 17.3 Å². The zero-order chi connectivity index (χ0) is 14.1. The maximum atomic E-state index is 12.4. The lowest BCUT2D eigenvalue weighted by Crippen LogP contribution is -2.32. The third kappa shape index (κ3) is 3.85. The lowest BCUT2D eigenvalue weighted by atomic mass is 9.75. The van der Waals surface area contributed by atoms with E-state index in [0.717, 1.165) is 31.5 Å². The Morgan fingerprint density at radius 1 is 1.32 bits per heavy atom. The van der Waals surface area contributed by atoms with Crippen molar-refractivity contribution in [2.45, 2.75) is 51.7 Å². The molecule has 1 atom stereocenters. The molecule has 1 saturated carbocycles. The van der Waals surface area contributed by atoms with Gasteiger partial charge in [-0.1, -0.05) is 20.3 Å². The Labute approximate surface area is 111 Å². The van der Waals surface area contributed by atoms with Gasteiger partial charge < -0.3 is 5.32 Å². The average molecular weight is 272 g/mol. The molecule has 19 heavy (non-hydrogen) atoms. The van der Waals surface area contributed by atoms with Crippen molar-refractivity contribution in [1.29, 1.82) is 0 Å². The molecule has 2 rings (SSSR count). The second-order valence-corrected chi connectivity index (χ2v) is 6.03. The number of aromatic nitrogens is 1. The highest BCUT2D eigenvalue weighted by molar-refractivity contribution is 5.37. The smallest absolute Gasteiger partial charge is 0.367 e. The number of halogens is 3. The predicted molar refractivity (Wildman–Crippen MR) is 68.9 cm³/mol. The largest absolute Gasteiger partial charge is 0.417 e. The van der Waals surface area contributed by atoms with E-state index in [2.05, 4.69) is 24.1 Å². The zero-order valence-corrected chi connectivity index (χ0v) is 11.2. The third-order valence-electron chi connectivity index (χ3n) is 3.65. The van der Waals surface area contributed by atoms with E-state index in [4.69, 9.17) is 0 Å². The van der Waals surface area contributed by atoms with Gasteiger partial charge >= 0.3 is 6.18 Å². The minimum Gasteiger partial charge on any atom is -0.367 e. The van der Waals surface area contributed by atoms with Crippen molar-refractivity contribution < 1.29 is 13.2 Å². The van der Waals surface area contributed by atoms with Crippen molar-refractivity contribution in [3.8, 4) is 0 Å². The van der Waals surface area contributed by atoms with Gasteiger partial charge in [-0.05, 0) is 36.8 Å². The van der Waals surface area contributed by atoms with E-state index in [-0.39, 0.29) is 0 Å². The van der Waals surface area contributed by atoms with Gasteiger partial charge in [0.25, 0.3) is 0 Å². The number of nitrogens with one attached hydrogen (secondary N) is 1. The van der Waals surface area contributed by atoms with Gasteiger partial charge in [0.1, 0.15) is 5.82 Å². The molecule has 0 amide bonds. The lowest BCUT2D eigenvalue weighted by Gasteiger charge is -2.35. The van der Waals surface area contributed by atoms with E-state index in [1.54, 1.807) is 0 Å². The Balaban J connectivity index is 2.00. The fourth-order valence-corrected chi connectivity index (χ4v) is 2.68. The van der Waals surface area contributed by atoms with Gasteiger partial charge in [-0.3, -0.25) is 0 Å². The summed E-state index contributed by atoms with van der Waals surface area (Å²) in [7, 11) is 0. The molecule has 5 heteroatoms. The first kappa shape index (κ1) is 14.2.